The average Bonchev–Trinajstić information content (AvgIpc) is 2.58. The highest BCUT2D eigenvalue weighted by Gasteiger charge is 2.12. The minimum absolute atomic E-state index is 0.328. The third-order valence-electron chi connectivity index (χ3n) is 2.10. The highest BCUT2D eigenvalue weighted by Crippen LogP contribution is 2.31. The van der Waals surface area contributed by atoms with Gasteiger partial charge >= 0.3 is 6.01 Å². The van der Waals surface area contributed by atoms with Gasteiger partial charge in [0.05, 0.1) is 4.47 Å². The number of oxazole rings is 1. The Morgan fingerprint density at radius 1 is 1.43 bits per heavy atom. The molecule has 2 rings (SSSR count). The topological polar surface area (TPSA) is 64.1 Å². The third kappa shape index (κ3) is 1.29. The smallest absolute Gasteiger partial charge is 0.310 e. The first-order chi connectivity index (χ1) is 6.63. The van der Waals surface area contributed by atoms with Gasteiger partial charge in [-0.25, -0.2) is 5.84 Å². The van der Waals surface area contributed by atoms with Crippen molar-refractivity contribution in [2.75, 3.05) is 5.43 Å². The number of nitrogen functional groups attached to an aromatic ring is 1. The number of aromatic nitrogens is 1. The summed E-state index contributed by atoms with van der Waals surface area (Å²) in [5.74, 6) is 5.23. The maximum atomic E-state index is 5.42. The van der Waals surface area contributed by atoms with Gasteiger partial charge in [-0.1, -0.05) is 6.07 Å². The van der Waals surface area contributed by atoms with E-state index in [4.69, 9.17) is 10.3 Å². The van der Waals surface area contributed by atoms with Crippen LogP contribution in [-0.4, -0.2) is 4.98 Å². The molecular formula is C9H10BrN3O. The number of halogens is 1. The number of nitrogens with two attached hydrogens (primary N) is 1. The molecule has 1 aromatic heterocycles. The molecule has 14 heavy (non-hydrogen) atoms. The number of rotatable bonds is 1. The second kappa shape index (κ2) is 3.25. The van der Waals surface area contributed by atoms with Crippen LogP contribution in [0.3, 0.4) is 0 Å². The van der Waals surface area contributed by atoms with E-state index >= 15 is 0 Å². The SMILES string of the molecule is Cc1cc(C)c2nc(NN)oc2c1Br. The number of hydrogen-bond donors (Lipinski definition) is 2. The number of aryl methyl sites for hydroxylation is 2. The molecule has 0 unspecified atom stereocenters. The van der Waals surface area contributed by atoms with Crippen molar-refractivity contribution in [2.45, 2.75) is 13.8 Å². The van der Waals surface area contributed by atoms with Gasteiger partial charge in [0.1, 0.15) is 5.52 Å². The van der Waals surface area contributed by atoms with Crippen LogP contribution in [0.15, 0.2) is 15.0 Å². The minimum atomic E-state index is 0.328. The number of fused-ring (bicyclic) bond motifs is 1. The van der Waals surface area contributed by atoms with Gasteiger partial charge in [-0.05, 0) is 40.9 Å². The molecule has 0 bridgehead atoms. The maximum absolute atomic E-state index is 5.42. The van der Waals surface area contributed by atoms with Gasteiger partial charge in [0, 0.05) is 0 Å². The molecule has 74 valence electrons. The monoisotopic (exact) mass is 255 g/mol. The molecule has 5 heteroatoms. The number of nitrogens with zero attached hydrogens (tertiary/aromatic N) is 1. The number of benzene rings is 1. The zero-order valence-corrected chi connectivity index (χ0v) is 9.47. The summed E-state index contributed by atoms with van der Waals surface area (Å²) in [4.78, 5) is 4.20. The van der Waals surface area contributed by atoms with E-state index in [-0.39, 0.29) is 0 Å². The van der Waals surface area contributed by atoms with E-state index in [2.05, 4.69) is 32.4 Å². The van der Waals surface area contributed by atoms with E-state index < -0.39 is 0 Å². The van der Waals surface area contributed by atoms with Gasteiger partial charge in [0.2, 0.25) is 0 Å². The van der Waals surface area contributed by atoms with Gasteiger partial charge in [-0.15, -0.1) is 0 Å². The van der Waals surface area contributed by atoms with Crippen molar-refractivity contribution in [2.24, 2.45) is 5.84 Å². The summed E-state index contributed by atoms with van der Waals surface area (Å²) in [7, 11) is 0. The zero-order valence-electron chi connectivity index (χ0n) is 7.89. The summed E-state index contributed by atoms with van der Waals surface area (Å²) in [6.07, 6.45) is 0. The van der Waals surface area contributed by atoms with Crippen LogP contribution in [0.1, 0.15) is 11.1 Å². The van der Waals surface area contributed by atoms with Crippen molar-refractivity contribution < 1.29 is 4.42 Å². The minimum Gasteiger partial charge on any atom is -0.421 e. The normalized spacial score (nSPS) is 10.9. The second-order valence-corrected chi connectivity index (χ2v) is 3.96. The number of hydrogen-bond acceptors (Lipinski definition) is 4. The molecule has 0 atom stereocenters. The fraction of sp³-hybridized carbons (Fsp3) is 0.222. The lowest BCUT2D eigenvalue weighted by Crippen LogP contribution is -2.06. The molecule has 0 aliphatic heterocycles. The first-order valence-electron chi connectivity index (χ1n) is 4.16. The highest BCUT2D eigenvalue weighted by molar-refractivity contribution is 9.10. The molecule has 2 aromatic rings. The number of nitrogens with one attached hydrogen (secondary N) is 1. The predicted octanol–water partition coefficient (Wildman–Crippen LogP) is 2.49. The number of anilines is 1. The standard InChI is InChI=1S/C9H10BrN3O/c1-4-3-5(2)7-8(6(4)10)14-9(12-7)13-11/h3H,11H2,1-2H3,(H,12,13). The van der Waals surface area contributed by atoms with E-state index in [1.165, 1.54) is 0 Å². The molecule has 1 aromatic carbocycles. The quantitative estimate of drug-likeness (QED) is 0.607. The van der Waals surface area contributed by atoms with Crippen LogP contribution >= 0.6 is 15.9 Å². The van der Waals surface area contributed by atoms with Gasteiger partial charge in [-0.2, -0.15) is 4.98 Å². The summed E-state index contributed by atoms with van der Waals surface area (Å²) in [5.41, 5.74) is 6.15. The van der Waals surface area contributed by atoms with E-state index in [0.29, 0.717) is 6.01 Å². The highest BCUT2D eigenvalue weighted by atomic mass is 79.9. The molecule has 0 saturated carbocycles. The molecule has 0 radical (unpaired) electrons. The molecule has 4 nitrogen and oxygen atoms in total. The van der Waals surface area contributed by atoms with E-state index in [9.17, 15) is 0 Å². The van der Waals surface area contributed by atoms with E-state index in [1.54, 1.807) is 0 Å². The Balaban J connectivity index is 2.84. The van der Waals surface area contributed by atoms with Crippen molar-refractivity contribution in [1.29, 1.82) is 0 Å². The summed E-state index contributed by atoms with van der Waals surface area (Å²) >= 11 is 3.46. The lowest BCUT2D eigenvalue weighted by Gasteiger charge is -1.99. The lowest BCUT2D eigenvalue weighted by molar-refractivity contribution is 0.615. The van der Waals surface area contributed by atoms with Crippen molar-refractivity contribution in [3.05, 3.63) is 21.7 Å². The Kier molecular flexibility index (Phi) is 2.20. The molecule has 0 saturated heterocycles. The van der Waals surface area contributed by atoms with Gasteiger partial charge < -0.3 is 4.42 Å². The molecule has 0 fully saturated rings. The average molecular weight is 256 g/mol. The Morgan fingerprint density at radius 3 is 2.79 bits per heavy atom. The molecule has 1 heterocycles. The van der Waals surface area contributed by atoms with Gasteiger partial charge in [-0.3, -0.25) is 5.43 Å². The molecule has 3 N–H and O–H groups in total. The van der Waals surface area contributed by atoms with Crippen LogP contribution in [0.5, 0.6) is 0 Å². The van der Waals surface area contributed by atoms with Crippen molar-refractivity contribution >= 4 is 33.0 Å². The predicted molar refractivity (Wildman–Crippen MR) is 59.0 cm³/mol. The van der Waals surface area contributed by atoms with Crippen molar-refractivity contribution in [3.8, 4) is 0 Å². The first-order valence-corrected chi connectivity index (χ1v) is 4.95. The van der Waals surface area contributed by atoms with Gasteiger partial charge in [0.25, 0.3) is 0 Å². The maximum Gasteiger partial charge on any atom is 0.310 e. The molecule has 0 aliphatic carbocycles. The Hall–Kier alpha value is -1.07. The van der Waals surface area contributed by atoms with Crippen molar-refractivity contribution in [3.63, 3.8) is 0 Å². The Labute approximate surface area is 89.6 Å². The third-order valence-corrected chi connectivity index (χ3v) is 3.09. The van der Waals surface area contributed by atoms with Gasteiger partial charge in [0.15, 0.2) is 5.58 Å². The summed E-state index contributed by atoms with van der Waals surface area (Å²) < 4.78 is 6.34. The van der Waals surface area contributed by atoms with Crippen LogP contribution in [0.25, 0.3) is 11.1 Å². The van der Waals surface area contributed by atoms with E-state index in [0.717, 1.165) is 26.7 Å². The fourth-order valence-corrected chi connectivity index (χ4v) is 1.82. The fourth-order valence-electron chi connectivity index (χ4n) is 1.43. The zero-order chi connectivity index (χ0) is 10.3. The molecule has 0 amide bonds. The van der Waals surface area contributed by atoms with Crippen LogP contribution in [0.4, 0.5) is 6.01 Å². The summed E-state index contributed by atoms with van der Waals surface area (Å²) in [6, 6.07) is 2.38. The van der Waals surface area contributed by atoms with Crippen LogP contribution in [-0.2, 0) is 0 Å². The van der Waals surface area contributed by atoms with Crippen LogP contribution in [0, 0.1) is 13.8 Å². The summed E-state index contributed by atoms with van der Waals surface area (Å²) in [5, 5.41) is 0. The molecular weight excluding hydrogens is 246 g/mol. The second-order valence-electron chi connectivity index (χ2n) is 3.17. The number of hydrazine groups is 1. The summed E-state index contributed by atoms with van der Waals surface area (Å²) in [6.45, 7) is 4.00. The lowest BCUT2D eigenvalue weighted by atomic mass is 10.1. The van der Waals surface area contributed by atoms with Crippen LogP contribution < -0.4 is 11.3 Å². The largest absolute Gasteiger partial charge is 0.421 e. The molecule has 0 spiro atoms. The Bertz CT molecular complexity index is 492. The van der Waals surface area contributed by atoms with E-state index in [1.807, 2.05) is 13.8 Å². The Morgan fingerprint density at radius 2 is 2.14 bits per heavy atom. The van der Waals surface area contributed by atoms with Crippen LogP contribution in [0.2, 0.25) is 0 Å². The van der Waals surface area contributed by atoms with Crippen molar-refractivity contribution in [1.82, 2.24) is 4.98 Å². The first kappa shape index (κ1) is 9.48. The molecule has 0 aliphatic rings.